The average molecular weight is 421 g/mol. The first-order valence-electron chi connectivity index (χ1n) is 6.23. The molecule has 1 aliphatic rings. The largest absolute Gasteiger partial charge is 0.236 e. The Labute approximate surface area is 139 Å². The number of halogens is 3. The Morgan fingerprint density at radius 2 is 1.95 bits per heavy atom. The Morgan fingerprint density at radius 1 is 1.25 bits per heavy atom. The number of rotatable bonds is 4. The normalized spacial score (nSPS) is 14.6. The van der Waals surface area contributed by atoms with Gasteiger partial charge in [0.25, 0.3) is 0 Å². The van der Waals surface area contributed by atoms with Crippen molar-refractivity contribution < 1.29 is 4.39 Å². The van der Waals surface area contributed by atoms with E-state index in [1.807, 2.05) is 0 Å². The second kappa shape index (κ2) is 6.15. The molecule has 2 aromatic rings. The van der Waals surface area contributed by atoms with E-state index >= 15 is 0 Å². The molecule has 0 radical (unpaired) electrons. The molecule has 1 saturated carbocycles. The van der Waals surface area contributed by atoms with Crippen LogP contribution in [0, 0.1) is 9.39 Å². The minimum absolute atomic E-state index is 0.223. The van der Waals surface area contributed by atoms with Crippen LogP contribution in [-0.4, -0.2) is 9.97 Å². The molecule has 1 aromatic carbocycles. The smallest absolute Gasteiger partial charge is 0.146 e. The highest BCUT2D eigenvalue weighted by Gasteiger charge is 2.29. The molecule has 0 unspecified atom stereocenters. The minimum Gasteiger partial charge on any atom is -0.236 e. The van der Waals surface area contributed by atoms with E-state index in [0.29, 0.717) is 16.8 Å². The maximum Gasteiger partial charge on any atom is 0.146 e. The predicted molar refractivity (Wildman–Crippen MR) is 87.7 cm³/mol. The third kappa shape index (κ3) is 3.43. The third-order valence-corrected chi connectivity index (χ3v) is 5.69. The van der Waals surface area contributed by atoms with Gasteiger partial charge in [-0.25, -0.2) is 14.4 Å². The lowest BCUT2D eigenvalue weighted by Crippen LogP contribution is -2.01. The van der Waals surface area contributed by atoms with Crippen molar-refractivity contribution in [3.63, 3.8) is 0 Å². The molecule has 20 heavy (non-hydrogen) atoms. The fourth-order valence-electron chi connectivity index (χ4n) is 1.85. The number of nitrogens with zero attached hydrogens (tertiary/aromatic N) is 2. The molecule has 0 aliphatic heterocycles. The maximum absolute atomic E-state index is 12.8. The van der Waals surface area contributed by atoms with E-state index < -0.39 is 0 Å². The summed E-state index contributed by atoms with van der Waals surface area (Å²) in [4.78, 5) is 9.96. The molecule has 1 aromatic heterocycles. The number of hydrogen-bond donors (Lipinski definition) is 0. The van der Waals surface area contributed by atoms with E-state index in [9.17, 15) is 4.39 Å². The highest BCUT2D eigenvalue weighted by molar-refractivity contribution is 14.1. The molecule has 0 N–H and O–H groups in total. The standard InChI is InChI=1S/C14H11ClFIN2S/c15-14-12(17)13(8-1-2-8)18-11(19-14)7-20-10-5-3-9(16)4-6-10/h3-6,8H,1-2,7H2. The number of aromatic nitrogens is 2. The van der Waals surface area contributed by atoms with E-state index in [2.05, 4.69) is 32.6 Å². The summed E-state index contributed by atoms with van der Waals surface area (Å²) in [5.41, 5.74) is 1.08. The summed E-state index contributed by atoms with van der Waals surface area (Å²) in [5, 5.41) is 0.539. The third-order valence-electron chi connectivity index (χ3n) is 3.03. The van der Waals surface area contributed by atoms with Gasteiger partial charge in [-0.15, -0.1) is 11.8 Å². The number of hydrogen-bond acceptors (Lipinski definition) is 3. The van der Waals surface area contributed by atoms with Crippen LogP contribution in [-0.2, 0) is 5.75 Å². The average Bonchev–Trinajstić information content (AvgIpc) is 3.26. The summed E-state index contributed by atoms with van der Waals surface area (Å²) >= 11 is 9.98. The van der Waals surface area contributed by atoms with Crippen LogP contribution in [0.15, 0.2) is 29.2 Å². The lowest BCUT2D eigenvalue weighted by atomic mass is 10.3. The van der Waals surface area contributed by atoms with Crippen LogP contribution < -0.4 is 0 Å². The van der Waals surface area contributed by atoms with Crippen molar-refractivity contribution in [3.05, 3.63) is 50.3 Å². The van der Waals surface area contributed by atoms with Gasteiger partial charge in [-0.1, -0.05) is 11.6 Å². The fraction of sp³-hybridized carbons (Fsp3) is 0.286. The monoisotopic (exact) mass is 420 g/mol. The molecule has 104 valence electrons. The predicted octanol–water partition coefficient (Wildman–Crippen LogP) is 5.04. The minimum atomic E-state index is -0.223. The van der Waals surface area contributed by atoms with Crippen LogP contribution in [0.4, 0.5) is 4.39 Å². The molecule has 0 saturated heterocycles. The summed E-state index contributed by atoms with van der Waals surface area (Å²) < 4.78 is 13.8. The van der Waals surface area contributed by atoms with Gasteiger partial charge in [0.05, 0.1) is 15.0 Å². The molecule has 1 fully saturated rings. The first-order valence-corrected chi connectivity index (χ1v) is 8.68. The number of benzene rings is 1. The molecular formula is C14H11ClFIN2S. The molecule has 0 spiro atoms. The Hall–Kier alpha value is -0.400. The Bertz CT molecular complexity index is 632. The Balaban J connectivity index is 1.75. The van der Waals surface area contributed by atoms with Crippen LogP contribution in [0.1, 0.15) is 30.3 Å². The van der Waals surface area contributed by atoms with E-state index in [1.54, 1.807) is 23.9 Å². The van der Waals surface area contributed by atoms with Gasteiger partial charge in [0, 0.05) is 10.8 Å². The van der Waals surface area contributed by atoms with Gasteiger partial charge in [-0.3, -0.25) is 0 Å². The molecule has 0 amide bonds. The first-order chi connectivity index (χ1) is 9.63. The van der Waals surface area contributed by atoms with Crippen molar-refractivity contribution in [2.45, 2.75) is 29.4 Å². The van der Waals surface area contributed by atoms with Crippen LogP contribution in [0.3, 0.4) is 0 Å². The molecule has 0 atom stereocenters. The summed E-state index contributed by atoms with van der Waals surface area (Å²) in [5.74, 6) is 1.71. The lowest BCUT2D eigenvalue weighted by Gasteiger charge is -2.07. The molecule has 1 aliphatic carbocycles. The molecular weight excluding hydrogens is 410 g/mol. The molecule has 2 nitrogen and oxygen atoms in total. The zero-order valence-electron chi connectivity index (χ0n) is 10.4. The summed E-state index contributed by atoms with van der Waals surface area (Å²) in [6, 6.07) is 6.44. The summed E-state index contributed by atoms with van der Waals surface area (Å²) in [7, 11) is 0. The molecule has 0 bridgehead atoms. The van der Waals surface area contributed by atoms with Gasteiger partial charge < -0.3 is 0 Å². The topological polar surface area (TPSA) is 25.8 Å². The lowest BCUT2D eigenvalue weighted by molar-refractivity contribution is 0.626. The van der Waals surface area contributed by atoms with E-state index in [4.69, 9.17) is 11.6 Å². The van der Waals surface area contributed by atoms with E-state index in [-0.39, 0.29) is 5.82 Å². The number of thioether (sulfide) groups is 1. The Morgan fingerprint density at radius 3 is 2.60 bits per heavy atom. The van der Waals surface area contributed by atoms with Crippen LogP contribution in [0.25, 0.3) is 0 Å². The van der Waals surface area contributed by atoms with Crippen LogP contribution >= 0.6 is 46.0 Å². The second-order valence-corrected chi connectivity index (χ2v) is 7.13. The van der Waals surface area contributed by atoms with Gasteiger partial charge >= 0.3 is 0 Å². The van der Waals surface area contributed by atoms with Gasteiger partial charge in [-0.05, 0) is 59.7 Å². The fourth-order valence-corrected chi connectivity index (χ4v) is 3.48. The van der Waals surface area contributed by atoms with Crippen molar-refractivity contribution in [2.24, 2.45) is 0 Å². The zero-order chi connectivity index (χ0) is 14.1. The summed E-state index contributed by atoms with van der Waals surface area (Å²) in [6.45, 7) is 0. The van der Waals surface area contributed by atoms with Crippen LogP contribution in [0.2, 0.25) is 5.15 Å². The van der Waals surface area contributed by atoms with E-state index in [1.165, 1.54) is 25.0 Å². The van der Waals surface area contributed by atoms with Gasteiger partial charge in [0.2, 0.25) is 0 Å². The van der Waals surface area contributed by atoms with Gasteiger partial charge in [0.1, 0.15) is 16.8 Å². The molecule has 6 heteroatoms. The summed E-state index contributed by atoms with van der Waals surface area (Å²) in [6.07, 6.45) is 2.38. The van der Waals surface area contributed by atoms with Crippen LogP contribution in [0.5, 0.6) is 0 Å². The molecule has 1 heterocycles. The SMILES string of the molecule is Fc1ccc(SCc2nc(Cl)c(I)c(C3CC3)n2)cc1. The molecule has 3 rings (SSSR count). The first kappa shape index (κ1) is 14.5. The van der Waals surface area contributed by atoms with Crippen molar-refractivity contribution in [3.8, 4) is 0 Å². The van der Waals surface area contributed by atoms with Crippen molar-refractivity contribution in [2.75, 3.05) is 0 Å². The van der Waals surface area contributed by atoms with Crippen molar-refractivity contribution >= 4 is 46.0 Å². The van der Waals surface area contributed by atoms with Gasteiger partial charge in [0.15, 0.2) is 0 Å². The van der Waals surface area contributed by atoms with Crippen molar-refractivity contribution in [1.29, 1.82) is 0 Å². The Kier molecular flexibility index (Phi) is 4.47. The van der Waals surface area contributed by atoms with Gasteiger partial charge in [-0.2, -0.15) is 0 Å². The maximum atomic E-state index is 12.8. The highest BCUT2D eigenvalue weighted by atomic mass is 127. The zero-order valence-corrected chi connectivity index (χ0v) is 14.2. The van der Waals surface area contributed by atoms with Crippen molar-refractivity contribution in [1.82, 2.24) is 9.97 Å². The van der Waals surface area contributed by atoms with E-state index in [0.717, 1.165) is 20.0 Å². The highest BCUT2D eigenvalue weighted by Crippen LogP contribution is 2.42. The second-order valence-electron chi connectivity index (χ2n) is 4.65. The quantitative estimate of drug-likeness (QED) is 0.393.